The average molecular weight is 304 g/mol. The fourth-order valence-electron chi connectivity index (χ4n) is 2.22. The number of aryl methyl sites for hydroxylation is 1. The molecule has 110 valence electrons. The Kier molecular flexibility index (Phi) is 4.48. The van der Waals surface area contributed by atoms with Crippen molar-refractivity contribution >= 4 is 23.3 Å². The molecule has 1 atom stereocenters. The van der Waals surface area contributed by atoms with Gasteiger partial charge in [-0.15, -0.1) is 0 Å². The molecular weight excluding hydrogens is 286 g/mol. The van der Waals surface area contributed by atoms with E-state index in [1.165, 1.54) is 0 Å². The second-order valence-electron chi connectivity index (χ2n) is 5.04. The van der Waals surface area contributed by atoms with Gasteiger partial charge in [0.25, 0.3) is 5.91 Å². The molecule has 21 heavy (non-hydrogen) atoms. The van der Waals surface area contributed by atoms with Crippen molar-refractivity contribution in [2.45, 2.75) is 19.9 Å². The molecule has 4 nitrogen and oxygen atoms in total. The quantitative estimate of drug-likeness (QED) is 0.944. The van der Waals surface area contributed by atoms with E-state index in [9.17, 15) is 4.79 Å². The third-order valence-electron chi connectivity index (χ3n) is 3.48. The molecule has 0 spiro atoms. The molecule has 1 amide bonds. The van der Waals surface area contributed by atoms with E-state index in [4.69, 9.17) is 17.3 Å². The van der Waals surface area contributed by atoms with Crippen molar-refractivity contribution in [3.63, 3.8) is 0 Å². The van der Waals surface area contributed by atoms with E-state index in [1.807, 2.05) is 38.1 Å². The summed E-state index contributed by atoms with van der Waals surface area (Å²) < 4.78 is 0. The van der Waals surface area contributed by atoms with Crippen LogP contribution in [0.2, 0.25) is 5.02 Å². The molecule has 0 fully saturated rings. The van der Waals surface area contributed by atoms with E-state index < -0.39 is 0 Å². The van der Waals surface area contributed by atoms with Crippen molar-refractivity contribution in [2.24, 2.45) is 0 Å². The third kappa shape index (κ3) is 3.34. The summed E-state index contributed by atoms with van der Waals surface area (Å²) in [5.41, 5.74) is 7.87. The van der Waals surface area contributed by atoms with Crippen molar-refractivity contribution in [3.05, 3.63) is 58.2 Å². The SMILES string of the molecule is Cc1cc(C(=O)N(C)C(C)c2ccccc2Cl)cc(N)n1. The largest absolute Gasteiger partial charge is 0.384 e. The number of halogens is 1. The van der Waals surface area contributed by atoms with Gasteiger partial charge >= 0.3 is 0 Å². The minimum absolute atomic E-state index is 0.111. The molecule has 1 unspecified atom stereocenters. The van der Waals surface area contributed by atoms with Crippen LogP contribution in [0.5, 0.6) is 0 Å². The number of benzene rings is 1. The second kappa shape index (κ2) is 6.14. The lowest BCUT2D eigenvalue weighted by atomic mass is 10.1. The van der Waals surface area contributed by atoms with Crippen LogP contribution >= 0.6 is 11.6 Å². The Labute approximate surface area is 129 Å². The van der Waals surface area contributed by atoms with Gasteiger partial charge in [0.2, 0.25) is 0 Å². The predicted molar refractivity (Wildman–Crippen MR) is 85.3 cm³/mol. The van der Waals surface area contributed by atoms with E-state index in [-0.39, 0.29) is 11.9 Å². The minimum atomic E-state index is -0.138. The molecule has 5 heteroatoms. The van der Waals surface area contributed by atoms with Crippen LogP contribution in [-0.4, -0.2) is 22.8 Å². The Bertz CT molecular complexity index is 652. The maximum absolute atomic E-state index is 12.6. The van der Waals surface area contributed by atoms with Gasteiger partial charge in [-0.05, 0) is 37.6 Å². The van der Waals surface area contributed by atoms with Crippen molar-refractivity contribution in [2.75, 3.05) is 12.8 Å². The summed E-state index contributed by atoms with van der Waals surface area (Å²) in [7, 11) is 1.75. The molecule has 2 N–H and O–H groups in total. The first kappa shape index (κ1) is 15.3. The summed E-state index contributed by atoms with van der Waals surface area (Å²) in [5.74, 6) is 0.233. The van der Waals surface area contributed by atoms with Gasteiger partial charge in [-0.3, -0.25) is 4.79 Å². The van der Waals surface area contributed by atoms with Gasteiger partial charge in [-0.1, -0.05) is 29.8 Å². The van der Waals surface area contributed by atoms with E-state index >= 15 is 0 Å². The first-order chi connectivity index (χ1) is 9.90. The van der Waals surface area contributed by atoms with Crippen molar-refractivity contribution in [1.82, 2.24) is 9.88 Å². The van der Waals surface area contributed by atoms with Gasteiger partial charge in [-0.2, -0.15) is 0 Å². The highest BCUT2D eigenvalue weighted by atomic mass is 35.5. The monoisotopic (exact) mass is 303 g/mol. The smallest absolute Gasteiger partial charge is 0.254 e. The zero-order valence-corrected chi connectivity index (χ0v) is 13.1. The predicted octanol–water partition coefficient (Wildman–Crippen LogP) is 3.46. The molecule has 1 aromatic heterocycles. The number of carbonyl (C=O) groups excluding carboxylic acids is 1. The van der Waals surface area contributed by atoms with Crippen LogP contribution in [0.15, 0.2) is 36.4 Å². The Morgan fingerprint density at radius 3 is 2.62 bits per heavy atom. The number of rotatable bonds is 3. The van der Waals surface area contributed by atoms with Gasteiger partial charge in [-0.25, -0.2) is 4.98 Å². The Balaban J connectivity index is 2.28. The molecule has 0 aliphatic heterocycles. The van der Waals surface area contributed by atoms with Crippen LogP contribution in [0.3, 0.4) is 0 Å². The fourth-order valence-corrected chi connectivity index (χ4v) is 2.51. The lowest BCUT2D eigenvalue weighted by Crippen LogP contribution is -2.30. The van der Waals surface area contributed by atoms with Gasteiger partial charge < -0.3 is 10.6 Å². The lowest BCUT2D eigenvalue weighted by molar-refractivity contribution is 0.0742. The number of hydrogen-bond donors (Lipinski definition) is 1. The molecule has 0 radical (unpaired) electrons. The standard InChI is InChI=1S/C16H18ClN3O/c1-10-8-12(9-15(18)19-10)16(21)20(3)11(2)13-6-4-5-7-14(13)17/h4-9,11H,1-3H3,(H2,18,19). The Morgan fingerprint density at radius 2 is 2.00 bits per heavy atom. The van der Waals surface area contributed by atoms with Crippen molar-refractivity contribution < 1.29 is 4.79 Å². The number of amides is 1. The average Bonchev–Trinajstić information content (AvgIpc) is 2.44. The minimum Gasteiger partial charge on any atom is -0.384 e. The highest BCUT2D eigenvalue weighted by Gasteiger charge is 2.21. The number of carbonyl (C=O) groups is 1. The third-order valence-corrected chi connectivity index (χ3v) is 3.82. The van der Waals surface area contributed by atoms with Crippen molar-refractivity contribution in [3.8, 4) is 0 Å². The highest BCUT2D eigenvalue weighted by molar-refractivity contribution is 6.31. The maximum atomic E-state index is 12.6. The molecule has 1 aromatic carbocycles. The summed E-state index contributed by atoms with van der Waals surface area (Å²) in [4.78, 5) is 18.3. The van der Waals surface area contributed by atoms with Gasteiger partial charge in [0.15, 0.2) is 0 Å². The van der Waals surface area contributed by atoms with Crippen LogP contribution in [-0.2, 0) is 0 Å². The zero-order valence-electron chi connectivity index (χ0n) is 12.3. The number of nitrogens with zero attached hydrogens (tertiary/aromatic N) is 2. The van der Waals surface area contributed by atoms with E-state index in [2.05, 4.69) is 4.98 Å². The van der Waals surface area contributed by atoms with E-state index in [0.717, 1.165) is 11.3 Å². The molecule has 0 aliphatic carbocycles. The second-order valence-corrected chi connectivity index (χ2v) is 5.44. The topological polar surface area (TPSA) is 59.2 Å². The van der Waals surface area contributed by atoms with E-state index in [0.29, 0.717) is 16.4 Å². The summed E-state index contributed by atoms with van der Waals surface area (Å²) in [6.07, 6.45) is 0. The molecule has 2 rings (SSSR count). The summed E-state index contributed by atoms with van der Waals surface area (Å²) in [6.45, 7) is 3.75. The van der Waals surface area contributed by atoms with Crippen LogP contribution in [0.1, 0.15) is 34.6 Å². The first-order valence-corrected chi connectivity index (χ1v) is 7.03. The number of aromatic nitrogens is 1. The lowest BCUT2D eigenvalue weighted by Gasteiger charge is -2.26. The number of anilines is 1. The van der Waals surface area contributed by atoms with Gasteiger partial charge in [0.05, 0.1) is 6.04 Å². The Morgan fingerprint density at radius 1 is 1.33 bits per heavy atom. The van der Waals surface area contributed by atoms with Crippen LogP contribution in [0.25, 0.3) is 0 Å². The van der Waals surface area contributed by atoms with Crippen LogP contribution in [0.4, 0.5) is 5.82 Å². The number of hydrogen-bond acceptors (Lipinski definition) is 3. The molecule has 0 saturated heterocycles. The zero-order chi connectivity index (χ0) is 15.6. The van der Waals surface area contributed by atoms with Crippen LogP contribution in [0, 0.1) is 6.92 Å². The number of nitrogens with two attached hydrogens (primary N) is 1. The fraction of sp³-hybridized carbons (Fsp3) is 0.250. The highest BCUT2D eigenvalue weighted by Crippen LogP contribution is 2.27. The molecule has 0 bridgehead atoms. The molecule has 2 aromatic rings. The number of pyridine rings is 1. The maximum Gasteiger partial charge on any atom is 0.254 e. The molecule has 1 heterocycles. The first-order valence-electron chi connectivity index (χ1n) is 6.66. The summed E-state index contributed by atoms with van der Waals surface area (Å²) in [5, 5.41) is 0.648. The van der Waals surface area contributed by atoms with Gasteiger partial charge in [0.1, 0.15) is 5.82 Å². The Hall–Kier alpha value is -2.07. The molecular formula is C16H18ClN3O. The summed E-state index contributed by atoms with van der Waals surface area (Å²) >= 11 is 6.20. The van der Waals surface area contributed by atoms with Crippen LogP contribution < -0.4 is 5.73 Å². The molecule has 0 saturated carbocycles. The normalized spacial score (nSPS) is 12.0. The van der Waals surface area contributed by atoms with Crippen molar-refractivity contribution in [1.29, 1.82) is 0 Å². The van der Waals surface area contributed by atoms with E-state index in [1.54, 1.807) is 24.1 Å². The number of nitrogen functional groups attached to an aromatic ring is 1. The summed E-state index contributed by atoms with van der Waals surface area (Å²) in [6, 6.07) is 10.7. The van der Waals surface area contributed by atoms with Gasteiger partial charge in [0, 0.05) is 23.3 Å². The molecule has 0 aliphatic rings.